The number of rotatable bonds is 3. The van der Waals surface area contributed by atoms with Gasteiger partial charge in [0.15, 0.2) is 0 Å². The molecule has 0 radical (unpaired) electrons. The molecule has 1 unspecified atom stereocenters. The summed E-state index contributed by atoms with van der Waals surface area (Å²) in [6.07, 6.45) is 8.58. The number of carbonyl (C=O) groups excluding carboxylic acids is 2. The second-order valence-electron chi connectivity index (χ2n) is 8.23. The smallest absolute Gasteiger partial charge is 0.253 e. The van der Waals surface area contributed by atoms with E-state index in [1.54, 1.807) is 0 Å². The maximum Gasteiger partial charge on any atom is 0.253 e. The topological polar surface area (TPSA) is 40.6 Å². The Morgan fingerprint density at radius 2 is 1.60 bits per heavy atom. The quantitative estimate of drug-likeness (QED) is 0.727. The number of amides is 2. The van der Waals surface area contributed by atoms with E-state index in [1.807, 2.05) is 46.2 Å². The Kier molecular flexibility index (Phi) is 6.32. The lowest BCUT2D eigenvalue weighted by Gasteiger charge is -2.23. The molecule has 1 fully saturated rings. The van der Waals surface area contributed by atoms with Crippen LogP contribution in [-0.2, 0) is 0 Å². The zero-order valence-corrected chi connectivity index (χ0v) is 17.7. The first-order valence-electron chi connectivity index (χ1n) is 11.1. The van der Waals surface area contributed by atoms with Gasteiger partial charge in [-0.15, -0.1) is 0 Å². The SMILES string of the molecule is CCC1CCC=Cc2cc(C(=O)N3CCCN(C(=O)c4ccccc4)CC3)ccc21. The summed E-state index contributed by atoms with van der Waals surface area (Å²) in [6, 6.07) is 15.6. The van der Waals surface area contributed by atoms with E-state index < -0.39 is 0 Å². The maximum absolute atomic E-state index is 13.2. The zero-order chi connectivity index (χ0) is 20.9. The Balaban J connectivity index is 1.47. The average molecular weight is 403 g/mol. The summed E-state index contributed by atoms with van der Waals surface area (Å²) in [5, 5.41) is 0. The number of carbonyl (C=O) groups is 2. The second kappa shape index (κ2) is 9.29. The zero-order valence-electron chi connectivity index (χ0n) is 17.7. The van der Waals surface area contributed by atoms with E-state index in [-0.39, 0.29) is 11.8 Å². The molecule has 1 aliphatic heterocycles. The van der Waals surface area contributed by atoms with Crippen LogP contribution in [0.15, 0.2) is 54.6 Å². The van der Waals surface area contributed by atoms with Crippen LogP contribution in [0.4, 0.5) is 0 Å². The van der Waals surface area contributed by atoms with Crippen LogP contribution in [0, 0.1) is 0 Å². The molecule has 2 amide bonds. The molecule has 2 aliphatic rings. The largest absolute Gasteiger partial charge is 0.337 e. The first-order chi connectivity index (χ1) is 14.7. The molecule has 4 heteroatoms. The summed E-state index contributed by atoms with van der Waals surface area (Å²) in [6.45, 7) is 4.74. The van der Waals surface area contributed by atoms with Gasteiger partial charge < -0.3 is 9.80 Å². The molecule has 30 heavy (non-hydrogen) atoms. The molecule has 2 aromatic carbocycles. The molecule has 0 saturated carbocycles. The lowest BCUT2D eigenvalue weighted by atomic mass is 9.89. The molecular formula is C26H30N2O2. The highest BCUT2D eigenvalue weighted by atomic mass is 16.2. The van der Waals surface area contributed by atoms with Crippen LogP contribution < -0.4 is 0 Å². The Morgan fingerprint density at radius 1 is 0.900 bits per heavy atom. The molecule has 0 spiro atoms. The van der Waals surface area contributed by atoms with Crippen LogP contribution in [0.5, 0.6) is 0 Å². The number of fused-ring (bicyclic) bond motifs is 1. The van der Waals surface area contributed by atoms with Crippen LogP contribution >= 0.6 is 0 Å². The third kappa shape index (κ3) is 4.33. The number of allylic oxidation sites excluding steroid dienone is 1. The van der Waals surface area contributed by atoms with Crippen molar-refractivity contribution in [1.82, 2.24) is 9.80 Å². The monoisotopic (exact) mass is 402 g/mol. The van der Waals surface area contributed by atoms with E-state index in [2.05, 4.69) is 31.2 Å². The van der Waals surface area contributed by atoms with Crippen molar-refractivity contribution in [1.29, 1.82) is 0 Å². The third-order valence-electron chi connectivity index (χ3n) is 6.34. The minimum Gasteiger partial charge on any atom is -0.337 e. The fourth-order valence-electron chi connectivity index (χ4n) is 4.58. The number of hydrogen-bond acceptors (Lipinski definition) is 2. The minimum atomic E-state index is 0.0469. The van der Waals surface area contributed by atoms with Gasteiger partial charge in [0.05, 0.1) is 0 Å². The van der Waals surface area contributed by atoms with Gasteiger partial charge in [0, 0.05) is 37.3 Å². The normalized spacial score (nSPS) is 19.0. The summed E-state index contributed by atoms with van der Waals surface area (Å²) in [7, 11) is 0. The molecule has 1 saturated heterocycles. The molecular weight excluding hydrogens is 372 g/mol. The molecule has 0 bridgehead atoms. The number of hydrogen-bond donors (Lipinski definition) is 0. The molecule has 1 atom stereocenters. The van der Waals surface area contributed by atoms with Crippen molar-refractivity contribution in [2.24, 2.45) is 0 Å². The van der Waals surface area contributed by atoms with Crippen molar-refractivity contribution >= 4 is 17.9 Å². The van der Waals surface area contributed by atoms with Gasteiger partial charge in [-0.2, -0.15) is 0 Å². The van der Waals surface area contributed by atoms with Gasteiger partial charge in [0.1, 0.15) is 0 Å². The highest BCUT2D eigenvalue weighted by molar-refractivity contribution is 5.96. The second-order valence-corrected chi connectivity index (χ2v) is 8.23. The molecule has 0 aromatic heterocycles. The van der Waals surface area contributed by atoms with Crippen molar-refractivity contribution in [3.63, 3.8) is 0 Å². The van der Waals surface area contributed by atoms with Crippen molar-refractivity contribution in [2.45, 2.75) is 38.5 Å². The van der Waals surface area contributed by atoms with Gasteiger partial charge in [-0.3, -0.25) is 9.59 Å². The van der Waals surface area contributed by atoms with Gasteiger partial charge in [0.25, 0.3) is 11.8 Å². The van der Waals surface area contributed by atoms with Crippen LogP contribution in [0.25, 0.3) is 6.08 Å². The summed E-state index contributed by atoms with van der Waals surface area (Å²) in [5.41, 5.74) is 4.00. The Hall–Kier alpha value is -2.88. The maximum atomic E-state index is 13.2. The van der Waals surface area contributed by atoms with E-state index in [0.717, 1.165) is 24.8 Å². The molecule has 156 valence electrons. The molecule has 2 aromatic rings. The summed E-state index contributed by atoms with van der Waals surface area (Å²) >= 11 is 0. The van der Waals surface area contributed by atoms with Gasteiger partial charge >= 0.3 is 0 Å². The van der Waals surface area contributed by atoms with Gasteiger partial charge in [-0.05, 0) is 67.0 Å². The predicted molar refractivity (Wildman–Crippen MR) is 121 cm³/mol. The van der Waals surface area contributed by atoms with Gasteiger partial charge in [-0.1, -0.05) is 43.3 Å². The molecule has 4 nitrogen and oxygen atoms in total. The first-order valence-corrected chi connectivity index (χ1v) is 11.1. The molecule has 4 rings (SSSR count). The van der Waals surface area contributed by atoms with Crippen molar-refractivity contribution in [3.8, 4) is 0 Å². The van der Waals surface area contributed by atoms with Crippen molar-refractivity contribution in [2.75, 3.05) is 26.2 Å². The number of nitrogens with zero attached hydrogens (tertiary/aromatic N) is 2. The third-order valence-corrected chi connectivity index (χ3v) is 6.34. The van der Waals surface area contributed by atoms with Gasteiger partial charge in [-0.25, -0.2) is 0 Å². The van der Waals surface area contributed by atoms with Crippen LogP contribution in [0.1, 0.15) is 70.4 Å². The standard InChI is InChI=1S/C26H30N2O2/c1-2-20-9-6-7-12-22-19-23(13-14-24(20)22)26(30)28-16-8-15-27(17-18-28)25(29)21-10-4-3-5-11-21/h3-5,7,10-14,19-20H,2,6,8-9,15-18H2,1H3. The van der Waals surface area contributed by atoms with E-state index in [1.165, 1.54) is 17.5 Å². The molecule has 1 heterocycles. The van der Waals surface area contributed by atoms with Gasteiger partial charge in [0.2, 0.25) is 0 Å². The van der Waals surface area contributed by atoms with Crippen LogP contribution in [0.2, 0.25) is 0 Å². The number of benzene rings is 2. The van der Waals surface area contributed by atoms with Crippen LogP contribution in [0.3, 0.4) is 0 Å². The van der Waals surface area contributed by atoms with Crippen molar-refractivity contribution in [3.05, 3.63) is 76.9 Å². The summed E-state index contributed by atoms with van der Waals surface area (Å²) in [5.74, 6) is 0.679. The molecule has 0 N–H and O–H groups in total. The Morgan fingerprint density at radius 3 is 2.30 bits per heavy atom. The van der Waals surface area contributed by atoms with E-state index in [4.69, 9.17) is 0 Å². The highest BCUT2D eigenvalue weighted by Crippen LogP contribution is 2.32. The lowest BCUT2D eigenvalue weighted by molar-refractivity contribution is 0.0718. The first kappa shape index (κ1) is 20.4. The van der Waals surface area contributed by atoms with Crippen molar-refractivity contribution < 1.29 is 9.59 Å². The summed E-state index contributed by atoms with van der Waals surface area (Å²) < 4.78 is 0. The predicted octanol–water partition coefficient (Wildman–Crippen LogP) is 4.98. The average Bonchev–Trinajstić information content (AvgIpc) is 3.16. The minimum absolute atomic E-state index is 0.0469. The Bertz CT molecular complexity index is 935. The fourth-order valence-corrected chi connectivity index (χ4v) is 4.58. The highest BCUT2D eigenvalue weighted by Gasteiger charge is 2.24. The van der Waals surface area contributed by atoms with E-state index in [9.17, 15) is 9.59 Å². The van der Waals surface area contributed by atoms with Crippen LogP contribution in [-0.4, -0.2) is 47.8 Å². The Labute approximate surface area is 179 Å². The molecule has 1 aliphatic carbocycles. The van der Waals surface area contributed by atoms with E-state index in [0.29, 0.717) is 37.7 Å². The fraction of sp³-hybridized carbons (Fsp3) is 0.385. The lowest BCUT2D eigenvalue weighted by Crippen LogP contribution is -2.37. The summed E-state index contributed by atoms with van der Waals surface area (Å²) in [4.78, 5) is 29.8. The van der Waals surface area contributed by atoms with E-state index >= 15 is 0 Å².